The van der Waals surface area contributed by atoms with Crippen LogP contribution in [0.2, 0.25) is 0 Å². The maximum Gasteiger partial charge on any atom is 0.261 e. The van der Waals surface area contributed by atoms with Crippen molar-refractivity contribution in [2.24, 2.45) is 11.8 Å². The fourth-order valence-corrected chi connectivity index (χ4v) is 3.70. The maximum atomic E-state index is 13.5. The fourth-order valence-electron chi connectivity index (χ4n) is 3.70. The molecule has 0 spiro atoms. The van der Waals surface area contributed by atoms with E-state index in [1.165, 1.54) is 12.1 Å². The van der Waals surface area contributed by atoms with Crippen LogP contribution in [0.1, 0.15) is 26.7 Å². The Hall–Kier alpha value is -3.29. The standard InChI is InChI=1S/C23H26FN5O2/c1-15(2)14-26-22(30)16-8-11-29(12-9-16)21-19(7-4-10-25-21)23-27-20(28-31-23)17-5-3-6-18(24)13-17/h3-7,10,13,15-16H,8-9,11-12,14H2,1-2H3,(H,26,30). The third kappa shape index (κ3) is 4.90. The fraction of sp³-hybridized carbons (Fsp3) is 0.391. The third-order valence-corrected chi connectivity index (χ3v) is 5.38. The van der Waals surface area contributed by atoms with E-state index in [4.69, 9.17) is 4.52 Å². The van der Waals surface area contributed by atoms with Crippen molar-refractivity contribution in [3.63, 3.8) is 0 Å². The van der Waals surface area contributed by atoms with Crippen LogP contribution in [0.3, 0.4) is 0 Å². The summed E-state index contributed by atoms with van der Waals surface area (Å²) in [6.07, 6.45) is 3.25. The summed E-state index contributed by atoms with van der Waals surface area (Å²) < 4.78 is 19.0. The van der Waals surface area contributed by atoms with Crippen LogP contribution in [0.4, 0.5) is 10.2 Å². The Balaban J connectivity index is 1.48. The lowest BCUT2D eigenvalue weighted by Crippen LogP contribution is -2.41. The molecular formula is C23H26FN5O2. The number of carbonyl (C=O) groups excluding carboxylic acids is 1. The number of amides is 1. The van der Waals surface area contributed by atoms with Gasteiger partial charge in [0, 0.05) is 37.3 Å². The van der Waals surface area contributed by atoms with Crippen molar-refractivity contribution < 1.29 is 13.7 Å². The number of nitrogens with zero attached hydrogens (tertiary/aromatic N) is 4. The van der Waals surface area contributed by atoms with E-state index < -0.39 is 0 Å². The van der Waals surface area contributed by atoms with Crippen LogP contribution in [-0.2, 0) is 4.79 Å². The Bertz CT molecular complexity index is 1040. The third-order valence-electron chi connectivity index (χ3n) is 5.38. The lowest BCUT2D eigenvalue weighted by atomic mass is 9.95. The first-order valence-electron chi connectivity index (χ1n) is 10.6. The summed E-state index contributed by atoms with van der Waals surface area (Å²) in [5.74, 6) is 1.64. The Morgan fingerprint density at radius 1 is 1.26 bits per heavy atom. The van der Waals surface area contributed by atoms with E-state index in [0.29, 0.717) is 42.8 Å². The molecule has 0 bridgehead atoms. The number of aromatic nitrogens is 3. The topological polar surface area (TPSA) is 84.2 Å². The molecule has 2 aromatic heterocycles. The average Bonchev–Trinajstić information content (AvgIpc) is 3.28. The van der Waals surface area contributed by atoms with Gasteiger partial charge >= 0.3 is 0 Å². The largest absolute Gasteiger partial charge is 0.356 e. The molecule has 1 aromatic carbocycles. The van der Waals surface area contributed by atoms with E-state index in [1.807, 2.05) is 12.1 Å². The molecule has 3 heterocycles. The minimum Gasteiger partial charge on any atom is -0.356 e. The number of pyridine rings is 1. The lowest BCUT2D eigenvalue weighted by Gasteiger charge is -2.33. The molecule has 8 heteroatoms. The molecule has 0 unspecified atom stereocenters. The summed E-state index contributed by atoms with van der Waals surface area (Å²) in [6, 6.07) is 9.78. The molecule has 31 heavy (non-hydrogen) atoms. The zero-order valence-corrected chi connectivity index (χ0v) is 17.7. The Kier molecular flexibility index (Phi) is 6.25. The van der Waals surface area contributed by atoms with Crippen molar-refractivity contribution >= 4 is 11.7 Å². The van der Waals surface area contributed by atoms with Gasteiger partial charge in [-0.3, -0.25) is 4.79 Å². The van der Waals surface area contributed by atoms with E-state index in [9.17, 15) is 9.18 Å². The van der Waals surface area contributed by atoms with Gasteiger partial charge in [-0.1, -0.05) is 31.1 Å². The molecule has 1 N–H and O–H groups in total. The van der Waals surface area contributed by atoms with Gasteiger partial charge in [0.2, 0.25) is 11.7 Å². The quantitative estimate of drug-likeness (QED) is 0.647. The first kappa shape index (κ1) is 21.0. The van der Waals surface area contributed by atoms with Crippen LogP contribution < -0.4 is 10.2 Å². The summed E-state index contributed by atoms with van der Waals surface area (Å²) in [5.41, 5.74) is 1.27. The van der Waals surface area contributed by atoms with Crippen molar-refractivity contribution in [1.29, 1.82) is 0 Å². The summed E-state index contributed by atoms with van der Waals surface area (Å²) in [6.45, 7) is 6.31. The van der Waals surface area contributed by atoms with Gasteiger partial charge in [0.25, 0.3) is 5.89 Å². The highest BCUT2D eigenvalue weighted by Crippen LogP contribution is 2.32. The lowest BCUT2D eigenvalue weighted by molar-refractivity contribution is -0.125. The van der Waals surface area contributed by atoms with Crippen LogP contribution in [0.5, 0.6) is 0 Å². The number of anilines is 1. The highest BCUT2D eigenvalue weighted by atomic mass is 19.1. The van der Waals surface area contributed by atoms with Crippen molar-refractivity contribution in [3.05, 3.63) is 48.4 Å². The van der Waals surface area contributed by atoms with Crippen LogP contribution in [0.15, 0.2) is 47.1 Å². The van der Waals surface area contributed by atoms with Gasteiger partial charge in [-0.15, -0.1) is 0 Å². The number of carbonyl (C=O) groups is 1. The van der Waals surface area contributed by atoms with Crippen molar-refractivity contribution in [2.75, 3.05) is 24.5 Å². The molecule has 1 fully saturated rings. The summed E-state index contributed by atoms with van der Waals surface area (Å²) in [7, 11) is 0. The van der Waals surface area contributed by atoms with Crippen molar-refractivity contribution in [1.82, 2.24) is 20.4 Å². The molecule has 0 saturated carbocycles. The normalized spacial score (nSPS) is 14.8. The molecule has 1 aliphatic rings. The van der Waals surface area contributed by atoms with Crippen molar-refractivity contribution in [2.45, 2.75) is 26.7 Å². The second kappa shape index (κ2) is 9.24. The highest BCUT2D eigenvalue weighted by Gasteiger charge is 2.27. The number of piperidine rings is 1. The molecule has 0 radical (unpaired) electrons. The van der Waals surface area contributed by atoms with E-state index in [0.717, 1.165) is 24.2 Å². The van der Waals surface area contributed by atoms with Gasteiger partial charge in [0.05, 0.1) is 5.56 Å². The Morgan fingerprint density at radius 3 is 2.81 bits per heavy atom. The predicted octanol–water partition coefficient (Wildman–Crippen LogP) is 3.93. The summed E-state index contributed by atoms with van der Waals surface area (Å²) >= 11 is 0. The molecular weight excluding hydrogens is 397 g/mol. The first-order chi connectivity index (χ1) is 15.0. The molecule has 0 atom stereocenters. The SMILES string of the molecule is CC(C)CNC(=O)C1CCN(c2ncccc2-c2nc(-c3cccc(F)c3)no2)CC1. The number of benzene rings is 1. The number of hydrogen-bond donors (Lipinski definition) is 1. The van der Waals surface area contributed by atoms with E-state index in [2.05, 4.69) is 39.2 Å². The van der Waals surface area contributed by atoms with Crippen LogP contribution in [0.25, 0.3) is 22.8 Å². The van der Waals surface area contributed by atoms with Gasteiger partial charge in [-0.25, -0.2) is 9.37 Å². The molecule has 3 aromatic rings. The highest BCUT2D eigenvalue weighted by molar-refractivity contribution is 5.79. The van der Waals surface area contributed by atoms with Crippen molar-refractivity contribution in [3.8, 4) is 22.8 Å². The minimum absolute atomic E-state index is 0.0187. The first-order valence-corrected chi connectivity index (χ1v) is 10.6. The number of rotatable bonds is 6. The zero-order chi connectivity index (χ0) is 21.8. The van der Waals surface area contributed by atoms with E-state index >= 15 is 0 Å². The molecule has 1 aliphatic heterocycles. The van der Waals surface area contributed by atoms with Gasteiger partial charge in [-0.2, -0.15) is 4.98 Å². The number of hydrogen-bond acceptors (Lipinski definition) is 6. The van der Waals surface area contributed by atoms with Gasteiger partial charge < -0.3 is 14.7 Å². The van der Waals surface area contributed by atoms with E-state index in [1.54, 1.807) is 18.3 Å². The predicted molar refractivity (Wildman–Crippen MR) is 116 cm³/mol. The zero-order valence-electron chi connectivity index (χ0n) is 17.7. The molecule has 7 nitrogen and oxygen atoms in total. The average molecular weight is 423 g/mol. The summed E-state index contributed by atoms with van der Waals surface area (Å²) in [5, 5.41) is 7.04. The Morgan fingerprint density at radius 2 is 2.06 bits per heavy atom. The molecule has 1 saturated heterocycles. The van der Waals surface area contributed by atoms with Crippen LogP contribution >= 0.6 is 0 Å². The van der Waals surface area contributed by atoms with Gasteiger partial charge in [0.15, 0.2) is 0 Å². The molecule has 162 valence electrons. The van der Waals surface area contributed by atoms with Gasteiger partial charge in [0.1, 0.15) is 11.6 Å². The maximum absolute atomic E-state index is 13.5. The van der Waals surface area contributed by atoms with E-state index in [-0.39, 0.29) is 17.6 Å². The minimum atomic E-state index is -0.355. The molecule has 4 rings (SSSR count). The Labute approximate surface area is 180 Å². The number of halogens is 1. The molecule has 0 aliphatic carbocycles. The summed E-state index contributed by atoms with van der Waals surface area (Å²) in [4.78, 5) is 23.5. The second-order valence-corrected chi connectivity index (χ2v) is 8.21. The smallest absolute Gasteiger partial charge is 0.261 e. The number of nitrogens with one attached hydrogen (secondary N) is 1. The molecule has 1 amide bonds. The monoisotopic (exact) mass is 423 g/mol. The van der Waals surface area contributed by atoms with Crippen LogP contribution in [0, 0.1) is 17.7 Å². The second-order valence-electron chi connectivity index (χ2n) is 8.21. The van der Waals surface area contributed by atoms with Gasteiger partial charge in [-0.05, 0) is 43.0 Å². The van der Waals surface area contributed by atoms with Crippen LogP contribution in [-0.4, -0.2) is 40.7 Å².